The molecule has 3 nitrogen and oxygen atoms in total. The molecule has 0 amide bonds. The molecule has 92 valence electrons. The van der Waals surface area contributed by atoms with Crippen molar-refractivity contribution in [1.82, 2.24) is 0 Å². The maximum Gasteiger partial charge on any atom is 0.306 e. The van der Waals surface area contributed by atoms with Crippen LogP contribution in [0.5, 0.6) is 5.75 Å². The van der Waals surface area contributed by atoms with Crippen LogP contribution in [-0.2, 0) is 9.53 Å². The third-order valence-electron chi connectivity index (χ3n) is 3.35. The molecule has 0 aliphatic carbocycles. The third-order valence-corrected chi connectivity index (χ3v) is 3.35. The number of aryl methyl sites for hydroxylation is 1. The Morgan fingerprint density at radius 3 is 2.82 bits per heavy atom. The number of hydrogen-bond donors (Lipinski definition) is 0. The SMILES string of the molecule is COc1cc(C)ccc1[C@@H](C)[C@H]1CCC(=O)O1. The molecule has 0 N–H and O–H groups in total. The van der Waals surface area contributed by atoms with E-state index < -0.39 is 0 Å². The quantitative estimate of drug-likeness (QED) is 0.754. The summed E-state index contributed by atoms with van der Waals surface area (Å²) < 4.78 is 10.7. The summed E-state index contributed by atoms with van der Waals surface area (Å²) in [6, 6.07) is 6.14. The number of ether oxygens (including phenoxy) is 2. The van der Waals surface area contributed by atoms with E-state index in [2.05, 4.69) is 19.1 Å². The van der Waals surface area contributed by atoms with E-state index in [9.17, 15) is 4.79 Å². The van der Waals surface area contributed by atoms with E-state index in [1.165, 1.54) is 5.56 Å². The van der Waals surface area contributed by atoms with Crippen LogP contribution in [0.2, 0.25) is 0 Å². The lowest BCUT2D eigenvalue weighted by molar-refractivity contribution is -0.142. The lowest BCUT2D eigenvalue weighted by Gasteiger charge is -2.21. The Kier molecular flexibility index (Phi) is 3.36. The van der Waals surface area contributed by atoms with Crippen molar-refractivity contribution in [2.24, 2.45) is 0 Å². The molecule has 2 atom stereocenters. The van der Waals surface area contributed by atoms with Gasteiger partial charge in [0.15, 0.2) is 0 Å². The Balaban J connectivity index is 2.24. The van der Waals surface area contributed by atoms with Crippen molar-refractivity contribution in [1.29, 1.82) is 0 Å². The topological polar surface area (TPSA) is 35.5 Å². The first-order chi connectivity index (χ1) is 8.11. The number of hydrogen-bond acceptors (Lipinski definition) is 3. The molecule has 1 heterocycles. The maximum absolute atomic E-state index is 11.1. The van der Waals surface area contributed by atoms with Crippen molar-refractivity contribution < 1.29 is 14.3 Å². The minimum atomic E-state index is -0.0899. The maximum atomic E-state index is 11.1. The molecule has 17 heavy (non-hydrogen) atoms. The number of esters is 1. The van der Waals surface area contributed by atoms with Gasteiger partial charge in [0.25, 0.3) is 0 Å². The van der Waals surface area contributed by atoms with Gasteiger partial charge in [-0.1, -0.05) is 19.1 Å². The molecular formula is C14H18O3. The van der Waals surface area contributed by atoms with E-state index in [1.54, 1.807) is 7.11 Å². The molecule has 1 fully saturated rings. The third kappa shape index (κ3) is 2.43. The summed E-state index contributed by atoms with van der Waals surface area (Å²) in [5.74, 6) is 0.963. The van der Waals surface area contributed by atoms with Gasteiger partial charge < -0.3 is 9.47 Å². The van der Waals surface area contributed by atoms with Gasteiger partial charge in [-0.05, 0) is 25.0 Å². The summed E-state index contributed by atoms with van der Waals surface area (Å²) in [6.45, 7) is 4.11. The summed E-state index contributed by atoms with van der Waals surface area (Å²) in [7, 11) is 1.67. The first kappa shape index (κ1) is 12.0. The van der Waals surface area contributed by atoms with Crippen molar-refractivity contribution >= 4 is 5.97 Å². The standard InChI is InChI=1S/C14H18O3/c1-9-4-5-11(13(8-9)16-3)10(2)12-6-7-14(15)17-12/h4-5,8,10,12H,6-7H2,1-3H3/t10-,12-/m1/s1. The van der Waals surface area contributed by atoms with Crippen molar-refractivity contribution in [2.45, 2.75) is 38.7 Å². The molecule has 0 spiro atoms. The van der Waals surface area contributed by atoms with E-state index in [-0.39, 0.29) is 18.0 Å². The highest BCUT2D eigenvalue weighted by atomic mass is 16.5. The lowest BCUT2D eigenvalue weighted by atomic mass is 9.92. The molecule has 1 aromatic rings. The van der Waals surface area contributed by atoms with Gasteiger partial charge in [0.1, 0.15) is 11.9 Å². The highest BCUT2D eigenvalue weighted by molar-refractivity contribution is 5.71. The predicted molar refractivity (Wildman–Crippen MR) is 65.3 cm³/mol. The summed E-state index contributed by atoms with van der Waals surface area (Å²) >= 11 is 0. The van der Waals surface area contributed by atoms with Gasteiger partial charge in [-0.25, -0.2) is 0 Å². The molecular weight excluding hydrogens is 216 g/mol. The van der Waals surface area contributed by atoms with Gasteiger partial charge >= 0.3 is 5.97 Å². The van der Waals surface area contributed by atoms with Gasteiger partial charge in [-0.2, -0.15) is 0 Å². The van der Waals surface area contributed by atoms with Crippen LogP contribution in [0.1, 0.15) is 36.8 Å². The first-order valence-corrected chi connectivity index (χ1v) is 5.96. The zero-order chi connectivity index (χ0) is 12.4. The van der Waals surface area contributed by atoms with Crippen molar-refractivity contribution in [3.05, 3.63) is 29.3 Å². The normalized spacial score (nSPS) is 21.1. The molecule has 0 unspecified atom stereocenters. The second-order valence-electron chi connectivity index (χ2n) is 4.60. The monoisotopic (exact) mass is 234 g/mol. The van der Waals surface area contributed by atoms with Crippen molar-refractivity contribution in [2.75, 3.05) is 7.11 Å². The molecule has 1 aromatic carbocycles. The minimum absolute atomic E-state index is 0.0147. The molecule has 2 rings (SSSR count). The number of cyclic esters (lactones) is 1. The Bertz CT molecular complexity index is 425. The molecule has 1 aliphatic rings. The molecule has 1 aliphatic heterocycles. The fourth-order valence-corrected chi connectivity index (χ4v) is 2.29. The fraction of sp³-hybridized carbons (Fsp3) is 0.500. The molecule has 0 bridgehead atoms. The van der Waals surface area contributed by atoms with Crippen LogP contribution in [0.15, 0.2) is 18.2 Å². The molecule has 1 saturated heterocycles. The number of benzene rings is 1. The summed E-state index contributed by atoms with van der Waals surface area (Å²) in [5.41, 5.74) is 2.28. The summed E-state index contributed by atoms with van der Waals surface area (Å²) in [6.07, 6.45) is 1.32. The molecule has 3 heteroatoms. The average Bonchev–Trinajstić information content (AvgIpc) is 2.75. The van der Waals surface area contributed by atoms with Crippen molar-refractivity contribution in [3.63, 3.8) is 0 Å². The average molecular weight is 234 g/mol. The number of rotatable bonds is 3. The van der Waals surface area contributed by atoms with Crippen LogP contribution in [0.3, 0.4) is 0 Å². The largest absolute Gasteiger partial charge is 0.496 e. The highest BCUT2D eigenvalue weighted by Crippen LogP contribution is 2.34. The zero-order valence-corrected chi connectivity index (χ0v) is 10.5. The fourth-order valence-electron chi connectivity index (χ4n) is 2.29. The predicted octanol–water partition coefficient (Wildman–Crippen LogP) is 2.81. The second kappa shape index (κ2) is 4.78. The van der Waals surface area contributed by atoms with Gasteiger partial charge in [0.2, 0.25) is 0 Å². The van der Waals surface area contributed by atoms with Crippen LogP contribution in [0.4, 0.5) is 0 Å². The lowest BCUT2D eigenvalue weighted by Crippen LogP contribution is -2.16. The van der Waals surface area contributed by atoms with E-state index in [0.717, 1.165) is 17.7 Å². The van der Waals surface area contributed by atoms with E-state index >= 15 is 0 Å². The Labute approximate surface area is 102 Å². The number of carbonyl (C=O) groups is 1. The van der Waals surface area contributed by atoms with Crippen molar-refractivity contribution in [3.8, 4) is 5.75 Å². The Morgan fingerprint density at radius 1 is 1.47 bits per heavy atom. The summed E-state index contributed by atoms with van der Waals surface area (Å²) in [4.78, 5) is 11.1. The van der Waals surface area contributed by atoms with Gasteiger partial charge in [0, 0.05) is 17.9 Å². The van der Waals surface area contributed by atoms with E-state index in [4.69, 9.17) is 9.47 Å². The Morgan fingerprint density at radius 2 is 2.24 bits per heavy atom. The zero-order valence-electron chi connectivity index (χ0n) is 10.5. The smallest absolute Gasteiger partial charge is 0.306 e. The van der Waals surface area contributed by atoms with Crippen LogP contribution in [-0.4, -0.2) is 19.2 Å². The summed E-state index contributed by atoms with van der Waals surface area (Å²) in [5, 5.41) is 0. The van der Waals surface area contributed by atoms with Gasteiger partial charge in [-0.3, -0.25) is 4.79 Å². The minimum Gasteiger partial charge on any atom is -0.496 e. The Hall–Kier alpha value is -1.51. The number of methoxy groups -OCH3 is 1. The van der Waals surface area contributed by atoms with Crippen LogP contribution < -0.4 is 4.74 Å². The molecule has 0 radical (unpaired) electrons. The van der Waals surface area contributed by atoms with Crippen LogP contribution in [0, 0.1) is 6.92 Å². The van der Waals surface area contributed by atoms with Crippen LogP contribution >= 0.6 is 0 Å². The molecule has 0 saturated carbocycles. The second-order valence-corrected chi connectivity index (χ2v) is 4.60. The molecule has 0 aromatic heterocycles. The highest BCUT2D eigenvalue weighted by Gasteiger charge is 2.30. The van der Waals surface area contributed by atoms with Gasteiger partial charge in [-0.15, -0.1) is 0 Å². The first-order valence-electron chi connectivity index (χ1n) is 5.96. The van der Waals surface area contributed by atoms with E-state index in [0.29, 0.717) is 6.42 Å². The van der Waals surface area contributed by atoms with Crippen LogP contribution in [0.25, 0.3) is 0 Å². The number of carbonyl (C=O) groups excluding carboxylic acids is 1. The van der Waals surface area contributed by atoms with Gasteiger partial charge in [0.05, 0.1) is 7.11 Å². The van der Waals surface area contributed by atoms with E-state index in [1.807, 2.05) is 13.0 Å².